The van der Waals surface area contributed by atoms with Crippen LogP contribution in [0, 0.1) is 30.6 Å². The first-order valence-corrected chi connectivity index (χ1v) is 10.2. The Hall–Kier alpha value is -1.62. The lowest BCUT2D eigenvalue weighted by molar-refractivity contribution is -0.108. The predicted molar refractivity (Wildman–Crippen MR) is 91.6 cm³/mol. The van der Waals surface area contributed by atoms with Gasteiger partial charge in [-0.15, -0.1) is 0 Å². The SMILES string of the molecule is Cc1ccc(S(=O)(=O)C(NC=O)=C2C3CC4CC(C3)CC2C4)cc1. The number of carbonyl (C=O) groups excluding carboxylic acids is 1. The standard InChI is InChI=1S/C19H23NO3S/c1-12-2-4-17(5-3-12)24(22,23)19(20-11-21)18-15-7-13-6-14(9-15)10-16(18)8-13/h2-5,11,13-16H,6-10H2,1H3,(H,20,21). The molecule has 128 valence electrons. The zero-order chi connectivity index (χ0) is 16.9. The van der Waals surface area contributed by atoms with E-state index in [1.807, 2.05) is 6.92 Å². The Kier molecular flexibility index (Phi) is 3.79. The molecule has 0 heterocycles. The lowest BCUT2D eigenvalue weighted by Crippen LogP contribution is -2.42. The smallest absolute Gasteiger partial charge is 0.221 e. The van der Waals surface area contributed by atoms with Crippen molar-refractivity contribution in [1.82, 2.24) is 5.32 Å². The first-order valence-electron chi connectivity index (χ1n) is 8.75. The fourth-order valence-electron chi connectivity index (χ4n) is 5.27. The molecular weight excluding hydrogens is 322 g/mol. The van der Waals surface area contributed by atoms with Crippen LogP contribution in [-0.2, 0) is 14.6 Å². The van der Waals surface area contributed by atoms with Crippen LogP contribution >= 0.6 is 0 Å². The van der Waals surface area contributed by atoms with E-state index in [0.29, 0.717) is 18.2 Å². The van der Waals surface area contributed by atoms with E-state index in [0.717, 1.165) is 48.7 Å². The number of hydrogen-bond acceptors (Lipinski definition) is 3. The number of rotatable bonds is 4. The molecule has 24 heavy (non-hydrogen) atoms. The molecule has 4 fully saturated rings. The van der Waals surface area contributed by atoms with E-state index in [1.165, 1.54) is 6.42 Å². The molecule has 0 saturated heterocycles. The first-order chi connectivity index (χ1) is 11.5. The first kappa shape index (κ1) is 15.9. The molecule has 4 aliphatic rings. The summed E-state index contributed by atoms with van der Waals surface area (Å²) in [5.41, 5.74) is 2.01. The highest BCUT2D eigenvalue weighted by Crippen LogP contribution is 2.57. The minimum atomic E-state index is -3.69. The van der Waals surface area contributed by atoms with Gasteiger partial charge in [-0.3, -0.25) is 4.79 Å². The second kappa shape index (κ2) is 5.73. The molecule has 4 saturated carbocycles. The lowest BCUT2D eigenvalue weighted by Gasteiger charge is -2.51. The second-order valence-corrected chi connectivity index (χ2v) is 9.55. The van der Waals surface area contributed by atoms with Gasteiger partial charge in [0.1, 0.15) is 5.03 Å². The van der Waals surface area contributed by atoms with E-state index < -0.39 is 9.84 Å². The Labute approximate surface area is 143 Å². The molecule has 0 radical (unpaired) electrons. The summed E-state index contributed by atoms with van der Waals surface area (Å²) >= 11 is 0. The van der Waals surface area contributed by atoms with E-state index in [9.17, 15) is 13.2 Å². The summed E-state index contributed by atoms with van der Waals surface area (Å²) < 4.78 is 26.4. The van der Waals surface area contributed by atoms with Crippen molar-refractivity contribution < 1.29 is 13.2 Å². The van der Waals surface area contributed by atoms with Gasteiger partial charge in [0.05, 0.1) is 4.90 Å². The van der Waals surface area contributed by atoms with Crippen LogP contribution in [0.3, 0.4) is 0 Å². The van der Waals surface area contributed by atoms with Gasteiger partial charge in [0.2, 0.25) is 16.2 Å². The second-order valence-electron chi connectivity index (χ2n) is 7.67. The number of hydrogen-bond donors (Lipinski definition) is 1. The Morgan fingerprint density at radius 3 is 2.04 bits per heavy atom. The van der Waals surface area contributed by atoms with Crippen LogP contribution in [-0.4, -0.2) is 14.8 Å². The quantitative estimate of drug-likeness (QED) is 0.853. The highest BCUT2D eigenvalue weighted by molar-refractivity contribution is 7.95. The lowest BCUT2D eigenvalue weighted by atomic mass is 9.54. The summed E-state index contributed by atoms with van der Waals surface area (Å²) in [5.74, 6) is 2.14. The van der Waals surface area contributed by atoms with Crippen molar-refractivity contribution in [3.05, 3.63) is 40.4 Å². The molecule has 0 atom stereocenters. The summed E-state index contributed by atoms with van der Waals surface area (Å²) in [7, 11) is -3.69. The minimum Gasteiger partial charge on any atom is -0.319 e. The molecule has 1 aromatic carbocycles. The van der Waals surface area contributed by atoms with Crippen molar-refractivity contribution in [3.63, 3.8) is 0 Å². The van der Waals surface area contributed by atoms with Gasteiger partial charge in [-0.1, -0.05) is 17.7 Å². The van der Waals surface area contributed by atoms with Crippen LogP contribution < -0.4 is 5.32 Å². The van der Waals surface area contributed by atoms with Gasteiger partial charge in [0, 0.05) is 0 Å². The number of carbonyl (C=O) groups is 1. The van der Waals surface area contributed by atoms with Crippen LogP contribution in [0.1, 0.15) is 37.7 Å². The number of allylic oxidation sites excluding steroid dienone is 1. The Balaban J connectivity index is 1.82. The zero-order valence-electron chi connectivity index (χ0n) is 13.9. The molecular formula is C19H23NO3S. The molecule has 0 spiro atoms. The van der Waals surface area contributed by atoms with E-state index in [-0.39, 0.29) is 9.92 Å². The summed E-state index contributed by atoms with van der Waals surface area (Å²) in [5, 5.41) is 2.74. The zero-order valence-corrected chi connectivity index (χ0v) is 14.7. The van der Waals surface area contributed by atoms with Crippen LogP contribution in [0.4, 0.5) is 0 Å². The van der Waals surface area contributed by atoms with Gasteiger partial charge in [-0.05, 0) is 80.4 Å². The Bertz CT molecular complexity index is 762. The molecule has 0 aromatic heterocycles. The molecule has 0 unspecified atom stereocenters. The largest absolute Gasteiger partial charge is 0.319 e. The van der Waals surface area contributed by atoms with Crippen molar-refractivity contribution in [3.8, 4) is 0 Å². The molecule has 4 bridgehead atoms. The molecule has 1 amide bonds. The average Bonchev–Trinajstić information content (AvgIpc) is 2.53. The fourth-order valence-corrected chi connectivity index (χ4v) is 6.84. The summed E-state index contributed by atoms with van der Waals surface area (Å²) in [4.78, 5) is 11.4. The number of sulfone groups is 1. The fraction of sp³-hybridized carbons (Fsp3) is 0.526. The average molecular weight is 345 g/mol. The Morgan fingerprint density at radius 1 is 1.00 bits per heavy atom. The number of benzene rings is 1. The maximum Gasteiger partial charge on any atom is 0.221 e. The summed E-state index contributed by atoms with van der Waals surface area (Å²) in [6.07, 6.45) is 6.14. The van der Waals surface area contributed by atoms with Gasteiger partial charge < -0.3 is 5.32 Å². The molecule has 5 rings (SSSR count). The topological polar surface area (TPSA) is 63.2 Å². The third-order valence-corrected chi connectivity index (χ3v) is 7.85. The molecule has 0 aliphatic heterocycles. The third kappa shape index (κ3) is 2.50. The maximum absolute atomic E-state index is 13.2. The van der Waals surface area contributed by atoms with Gasteiger partial charge >= 0.3 is 0 Å². The number of nitrogens with one attached hydrogen (secondary N) is 1. The maximum atomic E-state index is 13.2. The predicted octanol–water partition coefficient (Wildman–Crippen LogP) is 3.18. The molecule has 1 aromatic rings. The normalized spacial score (nSPS) is 31.1. The van der Waals surface area contributed by atoms with Crippen molar-refractivity contribution in [1.29, 1.82) is 0 Å². The highest BCUT2D eigenvalue weighted by Gasteiger charge is 2.47. The van der Waals surface area contributed by atoms with Crippen LogP contribution in [0.5, 0.6) is 0 Å². The Morgan fingerprint density at radius 2 is 1.54 bits per heavy atom. The van der Waals surface area contributed by atoms with E-state index >= 15 is 0 Å². The van der Waals surface area contributed by atoms with Crippen molar-refractivity contribution in [2.75, 3.05) is 0 Å². The van der Waals surface area contributed by atoms with Crippen molar-refractivity contribution in [2.24, 2.45) is 23.7 Å². The van der Waals surface area contributed by atoms with Gasteiger partial charge in [0.25, 0.3) is 0 Å². The van der Waals surface area contributed by atoms with E-state index in [2.05, 4.69) is 5.32 Å². The monoisotopic (exact) mass is 345 g/mol. The van der Waals surface area contributed by atoms with Crippen LogP contribution in [0.2, 0.25) is 0 Å². The van der Waals surface area contributed by atoms with E-state index in [1.54, 1.807) is 24.3 Å². The summed E-state index contributed by atoms with van der Waals surface area (Å²) in [6.45, 7) is 1.93. The molecule has 4 aliphatic carbocycles. The van der Waals surface area contributed by atoms with E-state index in [4.69, 9.17) is 0 Å². The van der Waals surface area contributed by atoms with Crippen LogP contribution in [0.25, 0.3) is 0 Å². The molecule has 5 heteroatoms. The number of amides is 1. The third-order valence-electron chi connectivity index (χ3n) is 6.07. The van der Waals surface area contributed by atoms with Gasteiger partial charge in [-0.2, -0.15) is 0 Å². The highest BCUT2D eigenvalue weighted by atomic mass is 32.2. The van der Waals surface area contributed by atoms with Gasteiger partial charge in [-0.25, -0.2) is 8.42 Å². The van der Waals surface area contributed by atoms with Crippen molar-refractivity contribution >= 4 is 16.2 Å². The van der Waals surface area contributed by atoms with Gasteiger partial charge in [0.15, 0.2) is 0 Å². The number of aryl methyl sites for hydroxylation is 1. The van der Waals surface area contributed by atoms with Crippen molar-refractivity contribution in [2.45, 2.75) is 43.9 Å². The van der Waals surface area contributed by atoms with Crippen LogP contribution in [0.15, 0.2) is 39.8 Å². The minimum absolute atomic E-state index is 0.162. The molecule has 4 nitrogen and oxygen atoms in total. The molecule has 1 N–H and O–H groups in total. The summed E-state index contributed by atoms with van der Waals surface area (Å²) in [6, 6.07) is 6.86.